The molecule has 0 unspecified atom stereocenters. The van der Waals surface area contributed by atoms with Gasteiger partial charge in [-0.2, -0.15) is 0 Å². The van der Waals surface area contributed by atoms with Gasteiger partial charge in [0.1, 0.15) is 0 Å². The van der Waals surface area contributed by atoms with Gasteiger partial charge in [0, 0.05) is 0 Å². The van der Waals surface area contributed by atoms with Crippen LogP contribution in [-0.4, -0.2) is 13.1 Å². The number of rotatable bonds is 6. The van der Waals surface area contributed by atoms with Crippen molar-refractivity contribution in [2.75, 3.05) is 13.1 Å². The third-order valence-electron chi connectivity index (χ3n) is 3.33. The molecule has 0 aromatic carbocycles. The summed E-state index contributed by atoms with van der Waals surface area (Å²) in [4.78, 5) is 0. The summed E-state index contributed by atoms with van der Waals surface area (Å²) >= 11 is 0. The van der Waals surface area contributed by atoms with Crippen molar-refractivity contribution in [1.82, 2.24) is 5.32 Å². The van der Waals surface area contributed by atoms with E-state index in [9.17, 15) is 0 Å². The molecule has 0 amide bonds. The standard InChI is InChI=1S/C13H25N/c1-3-4-5-10-14-11-13-8-6-12(2)7-9-13/h3,12-14H,1,4-11H2,2H3. The van der Waals surface area contributed by atoms with Gasteiger partial charge in [-0.05, 0) is 50.6 Å². The summed E-state index contributed by atoms with van der Waals surface area (Å²) in [7, 11) is 0. The summed E-state index contributed by atoms with van der Waals surface area (Å²) in [5.74, 6) is 1.93. The first-order chi connectivity index (χ1) is 6.83. The van der Waals surface area contributed by atoms with Gasteiger partial charge in [0.15, 0.2) is 0 Å². The van der Waals surface area contributed by atoms with E-state index in [-0.39, 0.29) is 0 Å². The lowest BCUT2D eigenvalue weighted by atomic mass is 9.83. The molecule has 0 spiro atoms. The minimum Gasteiger partial charge on any atom is -0.316 e. The topological polar surface area (TPSA) is 12.0 Å². The fourth-order valence-electron chi connectivity index (χ4n) is 2.21. The lowest BCUT2D eigenvalue weighted by Crippen LogP contribution is -2.26. The monoisotopic (exact) mass is 195 g/mol. The van der Waals surface area contributed by atoms with Crippen LogP contribution in [0.2, 0.25) is 0 Å². The van der Waals surface area contributed by atoms with Crippen LogP contribution < -0.4 is 5.32 Å². The molecule has 0 radical (unpaired) electrons. The molecule has 14 heavy (non-hydrogen) atoms. The third-order valence-corrected chi connectivity index (χ3v) is 3.33. The quantitative estimate of drug-likeness (QED) is 0.506. The van der Waals surface area contributed by atoms with Crippen molar-refractivity contribution in [3.8, 4) is 0 Å². The van der Waals surface area contributed by atoms with Gasteiger partial charge in [0.25, 0.3) is 0 Å². The van der Waals surface area contributed by atoms with Gasteiger partial charge >= 0.3 is 0 Å². The number of hydrogen-bond acceptors (Lipinski definition) is 1. The highest BCUT2D eigenvalue weighted by atomic mass is 14.9. The number of hydrogen-bond donors (Lipinski definition) is 1. The second kappa shape index (κ2) is 7.05. The normalized spacial score (nSPS) is 27.5. The number of nitrogens with one attached hydrogen (secondary N) is 1. The molecule has 0 saturated heterocycles. The molecule has 0 aliphatic heterocycles. The maximum Gasteiger partial charge on any atom is -0.00205 e. The van der Waals surface area contributed by atoms with Gasteiger partial charge < -0.3 is 5.32 Å². The zero-order chi connectivity index (χ0) is 10.2. The van der Waals surface area contributed by atoms with E-state index in [2.05, 4.69) is 18.8 Å². The molecular formula is C13H25N. The highest BCUT2D eigenvalue weighted by molar-refractivity contribution is 4.72. The van der Waals surface area contributed by atoms with Crippen molar-refractivity contribution in [1.29, 1.82) is 0 Å². The average molecular weight is 195 g/mol. The Kier molecular flexibility index (Phi) is 5.93. The van der Waals surface area contributed by atoms with Gasteiger partial charge in [0.05, 0.1) is 0 Å². The molecule has 1 nitrogen and oxygen atoms in total. The largest absolute Gasteiger partial charge is 0.316 e. The minimum absolute atomic E-state index is 0.954. The molecule has 82 valence electrons. The summed E-state index contributed by atoms with van der Waals surface area (Å²) in [5, 5.41) is 3.56. The Morgan fingerprint density at radius 3 is 2.64 bits per heavy atom. The summed E-state index contributed by atoms with van der Waals surface area (Å²) in [6.45, 7) is 8.52. The summed E-state index contributed by atoms with van der Waals surface area (Å²) in [6, 6.07) is 0. The molecule has 0 aromatic heterocycles. The summed E-state index contributed by atoms with van der Waals surface area (Å²) in [6.07, 6.45) is 10.2. The summed E-state index contributed by atoms with van der Waals surface area (Å²) < 4.78 is 0. The number of allylic oxidation sites excluding steroid dienone is 1. The Morgan fingerprint density at radius 2 is 2.00 bits per heavy atom. The zero-order valence-corrected chi connectivity index (χ0v) is 9.60. The number of unbranched alkanes of at least 4 members (excludes halogenated alkanes) is 1. The van der Waals surface area contributed by atoms with Crippen molar-refractivity contribution in [3.63, 3.8) is 0 Å². The van der Waals surface area contributed by atoms with Gasteiger partial charge in [-0.15, -0.1) is 6.58 Å². The Morgan fingerprint density at radius 1 is 1.29 bits per heavy atom. The van der Waals surface area contributed by atoms with E-state index in [1.165, 1.54) is 38.6 Å². The second-order valence-corrected chi connectivity index (χ2v) is 4.76. The maximum absolute atomic E-state index is 3.73. The van der Waals surface area contributed by atoms with E-state index < -0.39 is 0 Å². The van der Waals surface area contributed by atoms with Gasteiger partial charge in [0.2, 0.25) is 0 Å². The third kappa shape index (κ3) is 4.80. The molecule has 1 aliphatic rings. The summed E-state index contributed by atoms with van der Waals surface area (Å²) in [5.41, 5.74) is 0. The van der Waals surface area contributed by atoms with E-state index in [4.69, 9.17) is 0 Å². The van der Waals surface area contributed by atoms with Crippen LogP contribution >= 0.6 is 0 Å². The van der Waals surface area contributed by atoms with Crippen LogP contribution in [0.4, 0.5) is 0 Å². The first kappa shape index (κ1) is 11.8. The molecule has 1 fully saturated rings. The fourth-order valence-corrected chi connectivity index (χ4v) is 2.21. The van der Waals surface area contributed by atoms with Crippen LogP contribution in [0.15, 0.2) is 12.7 Å². The van der Waals surface area contributed by atoms with Crippen LogP contribution in [0.1, 0.15) is 45.4 Å². The van der Waals surface area contributed by atoms with Gasteiger partial charge in [-0.3, -0.25) is 0 Å². The fraction of sp³-hybridized carbons (Fsp3) is 0.846. The Bertz CT molecular complexity index is 145. The average Bonchev–Trinajstić information content (AvgIpc) is 2.21. The molecule has 0 aromatic rings. The molecule has 0 heterocycles. The van der Waals surface area contributed by atoms with Crippen LogP contribution in [0.25, 0.3) is 0 Å². The second-order valence-electron chi connectivity index (χ2n) is 4.76. The molecule has 0 atom stereocenters. The predicted octanol–water partition coefficient (Wildman–Crippen LogP) is 3.37. The van der Waals surface area contributed by atoms with E-state index in [0.717, 1.165) is 24.8 Å². The zero-order valence-electron chi connectivity index (χ0n) is 9.60. The van der Waals surface area contributed by atoms with Gasteiger partial charge in [-0.1, -0.05) is 25.8 Å². The van der Waals surface area contributed by atoms with E-state index in [1.54, 1.807) is 0 Å². The van der Waals surface area contributed by atoms with Crippen LogP contribution in [0, 0.1) is 11.8 Å². The van der Waals surface area contributed by atoms with Crippen LogP contribution in [-0.2, 0) is 0 Å². The molecule has 1 aliphatic carbocycles. The molecular weight excluding hydrogens is 170 g/mol. The van der Waals surface area contributed by atoms with Crippen LogP contribution in [0.3, 0.4) is 0 Å². The lowest BCUT2D eigenvalue weighted by Gasteiger charge is -2.26. The van der Waals surface area contributed by atoms with Crippen molar-refractivity contribution in [2.45, 2.75) is 45.4 Å². The predicted molar refractivity (Wildman–Crippen MR) is 63.4 cm³/mol. The first-order valence-electron chi connectivity index (χ1n) is 6.14. The minimum atomic E-state index is 0.954. The molecule has 0 bridgehead atoms. The van der Waals surface area contributed by atoms with Crippen molar-refractivity contribution < 1.29 is 0 Å². The molecule has 1 saturated carbocycles. The lowest BCUT2D eigenvalue weighted by molar-refractivity contribution is 0.282. The van der Waals surface area contributed by atoms with E-state index in [0.29, 0.717) is 0 Å². The van der Waals surface area contributed by atoms with E-state index >= 15 is 0 Å². The van der Waals surface area contributed by atoms with Crippen molar-refractivity contribution in [2.24, 2.45) is 11.8 Å². The van der Waals surface area contributed by atoms with E-state index in [1.807, 2.05) is 6.08 Å². The van der Waals surface area contributed by atoms with Gasteiger partial charge in [-0.25, -0.2) is 0 Å². The Labute approximate surface area is 89.0 Å². The van der Waals surface area contributed by atoms with Crippen molar-refractivity contribution in [3.05, 3.63) is 12.7 Å². The Balaban J connectivity index is 1.93. The highest BCUT2D eigenvalue weighted by Crippen LogP contribution is 2.27. The molecule has 1 N–H and O–H groups in total. The maximum atomic E-state index is 3.73. The first-order valence-corrected chi connectivity index (χ1v) is 6.14. The molecule has 1 heteroatoms. The smallest absolute Gasteiger partial charge is 0.00205 e. The van der Waals surface area contributed by atoms with Crippen molar-refractivity contribution >= 4 is 0 Å². The molecule has 1 rings (SSSR count). The van der Waals surface area contributed by atoms with Crippen LogP contribution in [0.5, 0.6) is 0 Å². The Hall–Kier alpha value is -0.300. The SMILES string of the molecule is C=CCCCNCC1CCC(C)CC1. The highest BCUT2D eigenvalue weighted by Gasteiger charge is 2.17.